The summed E-state index contributed by atoms with van der Waals surface area (Å²) in [5.74, 6) is 0.342. The highest BCUT2D eigenvalue weighted by Crippen LogP contribution is 2.05. The predicted molar refractivity (Wildman–Crippen MR) is 78.2 cm³/mol. The minimum atomic E-state index is -0.0118. The van der Waals surface area contributed by atoms with E-state index in [4.69, 9.17) is 4.74 Å². The highest BCUT2D eigenvalue weighted by Gasteiger charge is 2.15. The van der Waals surface area contributed by atoms with Gasteiger partial charge in [-0.2, -0.15) is 0 Å². The molecule has 0 aliphatic heterocycles. The molecule has 0 aliphatic carbocycles. The molecule has 2 N–H and O–H groups in total. The monoisotopic (exact) mass is 264 g/mol. The third-order valence-electron chi connectivity index (χ3n) is 2.88. The zero-order valence-corrected chi connectivity index (χ0v) is 12.0. The second kappa shape index (κ2) is 8.53. The fourth-order valence-corrected chi connectivity index (χ4v) is 1.64. The van der Waals surface area contributed by atoms with Crippen molar-refractivity contribution in [3.05, 3.63) is 30.3 Å². The largest absolute Gasteiger partial charge is 0.380 e. The van der Waals surface area contributed by atoms with Crippen LogP contribution < -0.4 is 10.6 Å². The number of amides is 1. The molecule has 0 aliphatic rings. The average Bonchev–Trinajstić information content (AvgIpc) is 2.42. The van der Waals surface area contributed by atoms with Crippen molar-refractivity contribution in [2.24, 2.45) is 5.92 Å². The number of ether oxygens (including phenoxy) is 1. The third-order valence-corrected chi connectivity index (χ3v) is 2.88. The standard InChI is InChI=1S/C15H24N2O2/c1-4-19-11-14(12(2)3)17-15(18)10-16-13-8-6-5-7-9-13/h5-9,12,14,16H,4,10-11H2,1-3H3,(H,17,18). The molecular formula is C15H24N2O2. The Kier molecular flexibility index (Phi) is 6.97. The number of para-hydroxylation sites is 1. The van der Waals surface area contributed by atoms with Crippen LogP contribution in [0.4, 0.5) is 5.69 Å². The molecule has 106 valence electrons. The van der Waals surface area contributed by atoms with Crippen molar-refractivity contribution in [3.8, 4) is 0 Å². The van der Waals surface area contributed by atoms with Gasteiger partial charge in [-0.1, -0.05) is 32.0 Å². The molecule has 4 heteroatoms. The van der Waals surface area contributed by atoms with Crippen LogP contribution in [0.5, 0.6) is 0 Å². The van der Waals surface area contributed by atoms with Gasteiger partial charge in [-0.3, -0.25) is 4.79 Å². The smallest absolute Gasteiger partial charge is 0.239 e. The molecule has 0 fully saturated rings. The SMILES string of the molecule is CCOCC(NC(=O)CNc1ccccc1)C(C)C. The molecule has 0 radical (unpaired) electrons. The molecule has 0 spiro atoms. The summed E-state index contributed by atoms with van der Waals surface area (Å²) >= 11 is 0. The van der Waals surface area contributed by atoms with Gasteiger partial charge in [-0.25, -0.2) is 0 Å². The summed E-state index contributed by atoms with van der Waals surface area (Å²) in [6.45, 7) is 7.62. The molecule has 1 atom stereocenters. The van der Waals surface area contributed by atoms with Crippen LogP contribution in [0.1, 0.15) is 20.8 Å². The van der Waals surface area contributed by atoms with Gasteiger partial charge in [0.15, 0.2) is 0 Å². The van der Waals surface area contributed by atoms with Crippen LogP contribution in [0.25, 0.3) is 0 Å². The van der Waals surface area contributed by atoms with Crippen LogP contribution in [0.3, 0.4) is 0 Å². The Balaban J connectivity index is 2.36. The van der Waals surface area contributed by atoms with Crippen molar-refractivity contribution in [2.75, 3.05) is 25.1 Å². The van der Waals surface area contributed by atoms with Crippen LogP contribution in [0.15, 0.2) is 30.3 Å². The lowest BCUT2D eigenvalue weighted by Crippen LogP contribution is -2.44. The second-order valence-corrected chi connectivity index (χ2v) is 4.80. The van der Waals surface area contributed by atoms with E-state index < -0.39 is 0 Å². The Bertz CT molecular complexity index is 366. The van der Waals surface area contributed by atoms with Crippen LogP contribution in [0.2, 0.25) is 0 Å². The van der Waals surface area contributed by atoms with Crippen molar-refractivity contribution in [3.63, 3.8) is 0 Å². The van der Waals surface area contributed by atoms with Crippen molar-refractivity contribution >= 4 is 11.6 Å². The van der Waals surface area contributed by atoms with E-state index in [9.17, 15) is 4.79 Å². The molecule has 0 saturated carbocycles. The molecule has 0 heterocycles. The minimum Gasteiger partial charge on any atom is -0.380 e. The highest BCUT2D eigenvalue weighted by molar-refractivity contribution is 5.80. The molecule has 1 aromatic rings. The van der Waals surface area contributed by atoms with Gasteiger partial charge in [0.2, 0.25) is 5.91 Å². The van der Waals surface area contributed by atoms with Gasteiger partial charge in [0.25, 0.3) is 0 Å². The van der Waals surface area contributed by atoms with Gasteiger partial charge in [0.1, 0.15) is 0 Å². The van der Waals surface area contributed by atoms with Crippen LogP contribution >= 0.6 is 0 Å². The molecule has 1 unspecified atom stereocenters. The van der Waals surface area contributed by atoms with Gasteiger partial charge in [0.05, 0.1) is 19.2 Å². The van der Waals surface area contributed by atoms with Gasteiger partial charge in [0, 0.05) is 12.3 Å². The van der Waals surface area contributed by atoms with E-state index in [-0.39, 0.29) is 18.5 Å². The molecule has 0 aromatic heterocycles. The minimum absolute atomic E-state index is 0.0118. The number of carbonyl (C=O) groups is 1. The number of rotatable bonds is 8. The predicted octanol–water partition coefficient (Wildman–Crippen LogP) is 2.28. The highest BCUT2D eigenvalue weighted by atomic mass is 16.5. The van der Waals surface area contributed by atoms with E-state index in [0.717, 1.165) is 5.69 Å². The van der Waals surface area contributed by atoms with E-state index in [1.54, 1.807) is 0 Å². The van der Waals surface area contributed by atoms with Crippen molar-refractivity contribution < 1.29 is 9.53 Å². The number of benzene rings is 1. The van der Waals surface area contributed by atoms with Gasteiger partial charge >= 0.3 is 0 Å². The maximum absolute atomic E-state index is 11.9. The normalized spacial score (nSPS) is 12.2. The summed E-state index contributed by atoms with van der Waals surface area (Å²) in [5, 5.41) is 6.09. The van der Waals surface area contributed by atoms with E-state index in [1.165, 1.54) is 0 Å². The summed E-state index contributed by atoms with van der Waals surface area (Å²) in [7, 11) is 0. The Morgan fingerprint density at radius 2 is 1.95 bits per heavy atom. The topological polar surface area (TPSA) is 50.4 Å². The molecule has 1 aromatic carbocycles. The average molecular weight is 264 g/mol. The Morgan fingerprint density at radius 1 is 1.26 bits per heavy atom. The number of anilines is 1. The van der Waals surface area contributed by atoms with Crippen LogP contribution in [-0.4, -0.2) is 31.7 Å². The maximum atomic E-state index is 11.9. The van der Waals surface area contributed by atoms with Gasteiger partial charge < -0.3 is 15.4 Å². The molecule has 19 heavy (non-hydrogen) atoms. The zero-order chi connectivity index (χ0) is 14.1. The van der Waals surface area contributed by atoms with Crippen molar-refractivity contribution in [2.45, 2.75) is 26.8 Å². The van der Waals surface area contributed by atoms with E-state index in [2.05, 4.69) is 24.5 Å². The first-order valence-electron chi connectivity index (χ1n) is 6.79. The molecule has 4 nitrogen and oxygen atoms in total. The molecule has 0 bridgehead atoms. The second-order valence-electron chi connectivity index (χ2n) is 4.80. The summed E-state index contributed by atoms with van der Waals surface area (Å²) in [5.41, 5.74) is 0.948. The number of nitrogens with one attached hydrogen (secondary N) is 2. The van der Waals surface area contributed by atoms with Crippen LogP contribution in [0, 0.1) is 5.92 Å². The van der Waals surface area contributed by atoms with Gasteiger partial charge in [-0.15, -0.1) is 0 Å². The third kappa shape index (κ3) is 6.25. The summed E-state index contributed by atoms with van der Waals surface area (Å²) in [4.78, 5) is 11.9. The lowest BCUT2D eigenvalue weighted by molar-refractivity contribution is -0.120. The molecular weight excluding hydrogens is 240 g/mol. The summed E-state index contributed by atoms with van der Waals surface area (Å²) < 4.78 is 5.39. The molecule has 0 saturated heterocycles. The van der Waals surface area contributed by atoms with Crippen molar-refractivity contribution in [1.82, 2.24) is 5.32 Å². The lowest BCUT2D eigenvalue weighted by atomic mass is 10.1. The van der Waals surface area contributed by atoms with E-state index in [1.807, 2.05) is 37.3 Å². The first-order valence-corrected chi connectivity index (χ1v) is 6.79. The van der Waals surface area contributed by atoms with E-state index >= 15 is 0 Å². The lowest BCUT2D eigenvalue weighted by Gasteiger charge is -2.22. The first-order chi connectivity index (χ1) is 9.13. The fraction of sp³-hybridized carbons (Fsp3) is 0.533. The fourth-order valence-electron chi connectivity index (χ4n) is 1.64. The maximum Gasteiger partial charge on any atom is 0.239 e. The Labute approximate surface area is 115 Å². The Morgan fingerprint density at radius 3 is 2.53 bits per heavy atom. The summed E-state index contributed by atoms with van der Waals surface area (Å²) in [6, 6.07) is 9.76. The Hall–Kier alpha value is -1.55. The number of hydrogen-bond acceptors (Lipinski definition) is 3. The molecule has 1 rings (SSSR count). The quantitative estimate of drug-likeness (QED) is 0.757. The molecule has 1 amide bonds. The first kappa shape index (κ1) is 15.5. The van der Waals surface area contributed by atoms with Crippen LogP contribution in [-0.2, 0) is 9.53 Å². The van der Waals surface area contributed by atoms with E-state index in [0.29, 0.717) is 19.1 Å². The zero-order valence-electron chi connectivity index (χ0n) is 12.0. The number of hydrogen-bond donors (Lipinski definition) is 2. The van der Waals surface area contributed by atoms with Crippen molar-refractivity contribution in [1.29, 1.82) is 0 Å². The number of carbonyl (C=O) groups excluding carboxylic acids is 1. The van der Waals surface area contributed by atoms with Gasteiger partial charge in [-0.05, 0) is 25.0 Å². The summed E-state index contributed by atoms with van der Waals surface area (Å²) in [6.07, 6.45) is 0.